The summed E-state index contributed by atoms with van der Waals surface area (Å²) in [6, 6.07) is 9.01. The molecule has 2 rings (SSSR count). The third-order valence-corrected chi connectivity index (χ3v) is 4.24. The van der Waals surface area contributed by atoms with E-state index in [-0.39, 0.29) is 17.9 Å². The van der Waals surface area contributed by atoms with Gasteiger partial charge in [-0.15, -0.1) is 0 Å². The van der Waals surface area contributed by atoms with Crippen LogP contribution in [-0.2, 0) is 20.7 Å². The molecule has 0 unspecified atom stereocenters. The summed E-state index contributed by atoms with van der Waals surface area (Å²) in [7, 11) is 0. The average molecular weight is 332 g/mol. The molecule has 1 saturated heterocycles. The summed E-state index contributed by atoms with van der Waals surface area (Å²) >= 11 is 0. The van der Waals surface area contributed by atoms with E-state index in [1.54, 1.807) is 11.8 Å². The molecule has 0 bridgehead atoms. The van der Waals surface area contributed by atoms with Gasteiger partial charge in [-0.05, 0) is 24.8 Å². The number of nitrogens with one attached hydrogen (secondary N) is 1. The molecule has 24 heavy (non-hydrogen) atoms. The van der Waals surface area contributed by atoms with Crippen molar-refractivity contribution in [2.24, 2.45) is 5.92 Å². The number of ether oxygens (including phenoxy) is 1. The number of carbonyl (C=O) groups excluding carboxylic acids is 2. The Balaban J connectivity index is 2.18. The molecule has 1 N–H and O–H groups in total. The Bertz CT molecular complexity index is 545. The number of piperazine rings is 1. The highest BCUT2D eigenvalue weighted by molar-refractivity contribution is 5.88. The molecule has 1 heterocycles. The molecule has 5 nitrogen and oxygen atoms in total. The average Bonchev–Trinajstić information content (AvgIpc) is 2.56. The first-order valence-electron chi connectivity index (χ1n) is 8.77. The lowest BCUT2D eigenvalue weighted by Gasteiger charge is -2.38. The van der Waals surface area contributed by atoms with Gasteiger partial charge in [-0.3, -0.25) is 4.79 Å². The van der Waals surface area contributed by atoms with Crippen LogP contribution in [0, 0.1) is 5.92 Å². The second kappa shape index (κ2) is 8.83. The quantitative estimate of drug-likeness (QED) is 0.776. The van der Waals surface area contributed by atoms with Gasteiger partial charge in [0.2, 0.25) is 5.91 Å². The fourth-order valence-electron chi connectivity index (χ4n) is 3.12. The van der Waals surface area contributed by atoms with Crippen LogP contribution in [0.1, 0.15) is 32.8 Å². The number of esters is 1. The smallest absolute Gasteiger partial charge is 0.329 e. The summed E-state index contributed by atoms with van der Waals surface area (Å²) in [6.07, 6.45) is 1.26. The maximum atomic E-state index is 12.9. The molecule has 2 atom stereocenters. The molecule has 0 saturated carbocycles. The van der Waals surface area contributed by atoms with E-state index >= 15 is 0 Å². The highest BCUT2D eigenvalue weighted by Gasteiger charge is 2.37. The predicted molar refractivity (Wildman–Crippen MR) is 93.5 cm³/mol. The maximum Gasteiger partial charge on any atom is 0.329 e. The Kier molecular flexibility index (Phi) is 6.79. The molecule has 1 aliphatic rings. The monoisotopic (exact) mass is 332 g/mol. The van der Waals surface area contributed by atoms with E-state index in [0.29, 0.717) is 32.0 Å². The van der Waals surface area contributed by atoms with Gasteiger partial charge in [-0.1, -0.05) is 44.2 Å². The molecule has 0 radical (unpaired) electrons. The molecular formula is C19H28N2O3. The van der Waals surface area contributed by atoms with E-state index in [0.717, 1.165) is 12.0 Å². The number of hydrogen-bond acceptors (Lipinski definition) is 4. The van der Waals surface area contributed by atoms with Gasteiger partial charge in [0.25, 0.3) is 0 Å². The van der Waals surface area contributed by atoms with Gasteiger partial charge in [-0.2, -0.15) is 0 Å². The number of carbonyl (C=O) groups is 2. The molecule has 132 valence electrons. The second-order valence-corrected chi connectivity index (χ2v) is 6.63. The van der Waals surface area contributed by atoms with Gasteiger partial charge in [0, 0.05) is 19.5 Å². The fourth-order valence-corrected chi connectivity index (χ4v) is 3.12. The van der Waals surface area contributed by atoms with Gasteiger partial charge in [0.15, 0.2) is 0 Å². The third kappa shape index (κ3) is 4.81. The van der Waals surface area contributed by atoms with Crippen molar-refractivity contribution >= 4 is 11.9 Å². The van der Waals surface area contributed by atoms with Crippen LogP contribution in [0.2, 0.25) is 0 Å². The van der Waals surface area contributed by atoms with Crippen LogP contribution < -0.4 is 5.32 Å². The van der Waals surface area contributed by atoms with Gasteiger partial charge in [-0.25, -0.2) is 4.79 Å². The lowest BCUT2D eigenvalue weighted by molar-refractivity contribution is -0.157. The molecule has 1 aromatic rings. The summed E-state index contributed by atoms with van der Waals surface area (Å²) < 4.78 is 5.24. The highest BCUT2D eigenvalue weighted by atomic mass is 16.5. The van der Waals surface area contributed by atoms with Crippen molar-refractivity contribution in [3.05, 3.63) is 35.9 Å². The lowest BCUT2D eigenvalue weighted by Crippen LogP contribution is -2.60. The Morgan fingerprint density at radius 3 is 2.67 bits per heavy atom. The van der Waals surface area contributed by atoms with Gasteiger partial charge < -0.3 is 15.0 Å². The van der Waals surface area contributed by atoms with Crippen LogP contribution in [0.25, 0.3) is 0 Å². The van der Waals surface area contributed by atoms with Gasteiger partial charge in [0.1, 0.15) is 6.04 Å². The Morgan fingerprint density at radius 2 is 2.04 bits per heavy atom. The topological polar surface area (TPSA) is 58.6 Å². The first kappa shape index (κ1) is 18.5. The zero-order valence-electron chi connectivity index (χ0n) is 14.8. The largest absolute Gasteiger partial charge is 0.464 e. The van der Waals surface area contributed by atoms with E-state index in [4.69, 9.17) is 4.74 Å². The lowest BCUT2D eigenvalue weighted by atomic mass is 9.98. The van der Waals surface area contributed by atoms with Crippen molar-refractivity contribution in [3.8, 4) is 0 Å². The van der Waals surface area contributed by atoms with E-state index < -0.39 is 6.04 Å². The Labute approximate surface area is 144 Å². The van der Waals surface area contributed by atoms with Crippen LogP contribution in [0.3, 0.4) is 0 Å². The Hall–Kier alpha value is -1.88. The molecular weight excluding hydrogens is 304 g/mol. The van der Waals surface area contributed by atoms with Crippen molar-refractivity contribution in [1.82, 2.24) is 10.2 Å². The summed E-state index contributed by atoms with van der Waals surface area (Å²) in [4.78, 5) is 27.0. The molecule has 0 aromatic heterocycles. The van der Waals surface area contributed by atoms with Crippen molar-refractivity contribution in [2.45, 2.75) is 45.7 Å². The molecule has 0 spiro atoms. The molecule has 1 aliphatic heterocycles. The minimum Gasteiger partial charge on any atom is -0.464 e. The second-order valence-electron chi connectivity index (χ2n) is 6.63. The molecule has 1 aromatic carbocycles. The first-order chi connectivity index (χ1) is 11.5. The van der Waals surface area contributed by atoms with Crippen LogP contribution in [0.5, 0.6) is 0 Å². The van der Waals surface area contributed by atoms with Gasteiger partial charge >= 0.3 is 5.97 Å². The van der Waals surface area contributed by atoms with E-state index in [1.165, 1.54) is 0 Å². The normalized spacial score (nSPS) is 19.4. The van der Waals surface area contributed by atoms with E-state index in [9.17, 15) is 9.59 Å². The first-order valence-corrected chi connectivity index (χ1v) is 8.77. The SMILES string of the molecule is CCOC(=O)[C@H](Cc1ccccc1)N1CCN[C@@H](CC(C)C)C1=O. The number of amides is 1. The Morgan fingerprint density at radius 1 is 1.33 bits per heavy atom. The molecule has 0 aliphatic carbocycles. The number of rotatable bonds is 7. The summed E-state index contributed by atoms with van der Waals surface area (Å²) in [5.74, 6) is 0.102. The standard InChI is InChI=1S/C19H28N2O3/c1-4-24-19(23)17(13-15-8-6-5-7-9-15)21-11-10-20-16(18(21)22)12-14(2)3/h5-9,14,16-17,20H,4,10-13H2,1-3H3/t16-,17-/m0/s1. The van der Waals surface area contributed by atoms with Crippen molar-refractivity contribution in [3.63, 3.8) is 0 Å². The number of nitrogens with zero attached hydrogens (tertiary/aromatic N) is 1. The van der Waals surface area contributed by atoms with Crippen LogP contribution >= 0.6 is 0 Å². The summed E-state index contributed by atoms with van der Waals surface area (Å²) in [6.45, 7) is 7.54. The van der Waals surface area contributed by atoms with Crippen molar-refractivity contribution in [1.29, 1.82) is 0 Å². The third-order valence-electron chi connectivity index (χ3n) is 4.24. The van der Waals surface area contributed by atoms with Crippen LogP contribution in [0.4, 0.5) is 0 Å². The fraction of sp³-hybridized carbons (Fsp3) is 0.579. The molecule has 1 amide bonds. The highest BCUT2D eigenvalue weighted by Crippen LogP contribution is 2.17. The van der Waals surface area contributed by atoms with Crippen molar-refractivity contribution < 1.29 is 14.3 Å². The molecule has 5 heteroatoms. The minimum absolute atomic E-state index is 0.00364. The predicted octanol–water partition coefficient (Wildman–Crippen LogP) is 2.01. The summed E-state index contributed by atoms with van der Waals surface area (Å²) in [5, 5.41) is 3.28. The minimum atomic E-state index is -0.559. The molecule has 1 fully saturated rings. The van der Waals surface area contributed by atoms with E-state index in [1.807, 2.05) is 30.3 Å². The number of benzene rings is 1. The van der Waals surface area contributed by atoms with Gasteiger partial charge in [0.05, 0.1) is 12.6 Å². The zero-order chi connectivity index (χ0) is 17.5. The van der Waals surface area contributed by atoms with Crippen LogP contribution in [0.15, 0.2) is 30.3 Å². The number of hydrogen-bond donors (Lipinski definition) is 1. The maximum absolute atomic E-state index is 12.9. The summed E-state index contributed by atoms with van der Waals surface area (Å²) in [5.41, 5.74) is 1.03. The van der Waals surface area contributed by atoms with Crippen molar-refractivity contribution in [2.75, 3.05) is 19.7 Å². The van der Waals surface area contributed by atoms with Crippen LogP contribution in [-0.4, -0.2) is 48.6 Å². The zero-order valence-corrected chi connectivity index (χ0v) is 14.8. The van der Waals surface area contributed by atoms with E-state index in [2.05, 4.69) is 19.2 Å².